The van der Waals surface area contributed by atoms with E-state index < -0.39 is 9.84 Å². The SMILES string of the molecule is CSc1nn2c3c(c(C)nc2c1S(=O)(=O)c1cccc(Cl)c1)CN(C)CC3. The highest BCUT2D eigenvalue weighted by atomic mass is 35.5. The van der Waals surface area contributed by atoms with Crippen LogP contribution in [0.2, 0.25) is 5.02 Å². The van der Waals surface area contributed by atoms with Crippen molar-refractivity contribution in [2.45, 2.75) is 34.7 Å². The summed E-state index contributed by atoms with van der Waals surface area (Å²) in [4.78, 5) is 7.19. The molecule has 0 saturated heterocycles. The highest BCUT2D eigenvalue weighted by Gasteiger charge is 2.31. The summed E-state index contributed by atoms with van der Waals surface area (Å²) in [5, 5.41) is 5.44. The number of benzene rings is 1. The van der Waals surface area contributed by atoms with E-state index in [4.69, 9.17) is 11.6 Å². The van der Waals surface area contributed by atoms with Gasteiger partial charge in [-0.2, -0.15) is 5.10 Å². The van der Waals surface area contributed by atoms with Crippen LogP contribution in [-0.4, -0.2) is 47.8 Å². The number of fused-ring (bicyclic) bond motifs is 3. The number of thioether (sulfide) groups is 1. The van der Waals surface area contributed by atoms with Crippen molar-refractivity contribution >= 4 is 38.8 Å². The van der Waals surface area contributed by atoms with Gasteiger partial charge in [-0.05, 0) is 38.4 Å². The lowest BCUT2D eigenvalue weighted by molar-refractivity contribution is 0.306. The van der Waals surface area contributed by atoms with Crippen LogP contribution in [0.15, 0.2) is 39.1 Å². The van der Waals surface area contributed by atoms with E-state index in [0.29, 0.717) is 15.7 Å². The van der Waals surface area contributed by atoms with E-state index in [1.54, 1.807) is 22.7 Å². The van der Waals surface area contributed by atoms with Crippen molar-refractivity contribution < 1.29 is 8.42 Å². The molecule has 0 spiro atoms. The van der Waals surface area contributed by atoms with Crippen molar-refractivity contribution in [2.75, 3.05) is 19.8 Å². The quantitative estimate of drug-likeness (QED) is 0.603. The van der Waals surface area contributed by atoms with E-state index in [9.17, 15) is 8.42 Å². The first-order valence-corrected chi connectivity index (χ1v) is 11.6. The zero-order chi connectivity index (χ0) is 19.3. The second kappa shape index (κ2) is 6.77. The fourth-order valence-electron chi connectivity index (χ4n) is 3.45. The van der Waals surface area contributed by atoms with Crippen LogP contribution in [0.25, 0.3) is 5.65 Å². The van der Waals surface area contributed by atoms with E-state index in [1.165, 1.54) is 17.8 Å². The summed E-state index contributed by atoms with van der Waals surface area (Å²) in [7, 11) is -1.74. The number of likely N-dealkylation sites (N-methyl/N-ethyl adjacent to an activating group) is 1. The third kappa shape index (κ3) is 3.04. The van der Waals surface area contributed by atoms with Crippen LogP contribution in [-0.2, 0) is 22.8 Å². The van der Waals surface area contributed by atoms with Gasteiger partial charge in [0, 0.05) is 35.8 Å². The topological polar surface area (TPSA) is 67.6 Å². The van der Waals surface area contributed by atoms with E-state index in [2.05, 4.69) is 22.0 Å². The molecule has 0 radical (unpaired) electrons. The molecule has 0 unspecified atom stereocenters. The molecule has 0 saturated carbocycles. The molecule has 1 aromatic carbocycles. The highest BCUT2D eigenvalue weighted by molar-refractivity contribution is 7.99. The fraction of sp³-hybridized carbons (Fsp3) is 0.333. The lowest BCUT2D eigenvalue weighted by Gasteiger charge is -2.26. The Morgan fingerprint density at radius 2 is 2.07 bits per heavy atom. The van der Waals surface area contributed by atoms with Gasteiger partial charge in [0.15, 0.2) is 10.5 Å². The molecule has 0 aliphatic carbocycles. The molecule has 0 amide bonds. The van der Waals surface area contributed by atoms with Gasteiger partial charge in [0.1, 0.15) is 5.03 Å². The monoisotopic (exact) mass is 422 g/mol. The molecule has 3 heterocycles. The van der Waals surface area contributed by atoms with Crippen LogP contribution in [0.5, 0.6) is 0 Å². The predicted octanol–water partition coefficient (Wildman–Crippen LogP) is 3.23. The summed E-state index contributed by atoms with van der Waals surface area (Å²) in [6, 6.07) is 6.30. The summed E-state index contributed by atoms with van der Waals surface area (Å²) < 4.78 is 28.5. The first-order chi connectivity index (χ1) is 12.8. The molecule has 3 aromatic rings. The maximum Gasteiger partial charge on any atom is 0.213 e. The van der Waals surface area contributed by atoms with E-state index in [-0.39, 0.29) is 9.79 Å². The summed E-state index contributed by atoms with van der Waals surface area (Å²) >= 11 is 7.34. The summed E-state index contributed by atoms with van der Waals surface area (Å²) in [6.07, 6.45) is 2.63. The van der Waals surface area contributed by atoms with Crippen molar-refractivity contribution in [3.63, 3.8) is 0 Å². The number of aryl methyl sites for hydroxylation is 1. The maximum absolute atomic E-state index is 13.4. The maximum atomic E-state index is 13.4. The standard InChI is InChI=1S/C18H19ClN4O2S2/c1-11-14-10-22(2)8-7-15(14)23-17(20-11)16(18(21-23)26-3)27(24,25)13-6-4-5-12(19)9-13/h4-6,9H,7-8,10H2,1-3H3. The molecular formula is C18H19ClN4O2S2. The van der Waals surface area contributed by atoms with E-state index in [1.807, 2.05) is 13.2 Å². The number of sulfone groups is 1. The molecule has 2 aromatic heterocycles. The average Bonchev–Trinajstić information content (AvgIpc) is 3.01. The Hall–Kier alpha value is -1.61. The van der Waals surface area contributed by atoms with Gasteiger partial charge in [-0.15, -0.1) is 11.8 Å². The second-order valence-electron chi connectivity index (χ2n) is 6.64. The van der Waals surface area contributed by atoms with Gasteiger partial charge in [-0.3, -0.25) is 0 Å². The number of hydrogen-bond donors (Lipinski definition) is 0. The predicted molar refractivity (Wildman–Crippen MR) is 106 cm³/mol. The fourth-order valence-corrected chi connectivity index (χ4v) is 6.15. The average molecular weight is 423 g/mol. The number of nitrogens with zero attached hydrogens (tertiary/aromatic N) is 4. The van der Waals surface area contributed by atoms with Crippen LogP contribution in [0.4, 0.5) is 0 Å². The molecule has 27 heavy (non-hydrogen) atoms. The molecular weight excluding hydrogens is 404 g/mol. The first kappa shape index (κ1) is 18.7. The van der Waals surface area contributed by atoms with Crippen molar-refractivity contribution in [2.24, 2.45) is 0 Å². The molecule has 142 valence electrons. The first-order valence-electron chi connectivity index (χ1n) is 8.47. The third-order valence-electron chi connectivity index (χ3n) is 4.83. The van der Waals surface area contributed by atoms with Crippen molar-refractivity contribution in [3.8, 4) is 0 Å². The Bertz CT molecular complexity index is 1160. The van der Waals surface area contributed by atoms with Crippen LogP contribution < -0.4 is 0 Å². The number of hydrogen-bond acceptors (Lipinski definition) is 6. The van der Waals surface area contributed by atoms with Gasteiger partial charge in [0.2, 0.25) is 9.84 Å². The minimum Gasteiger partial charge on any atom is -0.302 e. The van der Waals surface area contributed by atoms with Crippen molar-refractivity contribution in [1.82, 2.24) is 19.5 Å². The normalized spacial score (nSPS) is 15.3. The zero-order valence-corrected chi connectivity index (χ0v) is 17.6. The second-order valence-corrected chi connectivity index (χ2v) is 9.76. The molecule has 0 fully saturated rings. The molecule has 4 rings (SSSR count). The van der Waals surface area contributed by atoms with E-state index in [0.717, 1.165) is 36.5 Å². The number of aromatic nitrogens is 3. The molecule has 1 aliphatic rings. The van der Waals surface area contributed by atoms with E-state index >= 15 is 0 Å². The third-order valence-corrected chi connectivity index (χ3v) is 7.65. The van der Waals surface area contributed by atoms with Crippen molar-refractivity contribution in [3.05, 3.63) is 46.2 Å². The smallest absolute Gasteiger partial charge is 0.213 e. The largest absolute Gasteiger partial charge is 0.302 e. The lowest BCUT2D eigenvalue weighted by Crippen LogP contribution is -2.29. The Balaban J connectivity index is 2.03. The molecule has 6 nitrogen and oxygen atoms in total. The van der Waals surface area contributed by atoms with Gasteiger partial charge in [-0.25, -0.2) is 17.9 Å². The molecule has 1 aliphatic heterocycles. The highest BCUT2D eigenvalue weighted by Crippen LogP contribution is 2.35. The summed E-state index contributed by atoms with van der Waals surface area (Å²) in [5.41, 5.74) is 3.40. The number of rotatable bonds is 3. The summed E-state index contributed by atoms with van der Waals surface area (Å²) in [6.45, 7) is 3.62. The molecule has 0 N–H and O–H groups in total. The Morgan fingerprint density at radius 1 is 1.30 bits per heavy atom. The van der Waals surface area contributed by atoms with Crippen molar-refractivity contribution in [1.29, 1.82) is 0 Å². The van der Waals surface area contributed by atoms with Gasteiger partial charge in [-0.1, -0.05) is 17.7 Å². The Morgan fingerprint density at radius 3 is 2.78 bits per heavy atom. The molecule has 0 bridgehead atoms. The Kier molecular flexibility index (Phi) is 4.70. The van der Waals surface area contributed by atoms with Gasteiger partial charge in [0.05, 0.1) is 10.6 Å². The van der Waals surface area contributed by atoms with Crippen LogP contribution in [0.3, 0.4) is 0 Å². The minimum absolute atomic E-state index is 0.150. The number of halogens is 1. The van der Waals surface area contributed by atoms with Crippen LogP contribution in [0, 0.1) is 6.92 Å². The van der Waals surface area contributed by atoms with Crippen LogP contribution >= 0.6 is 23.4 Å². The molecule has 9 heteroatoms. The zero-order valence-electron chi connectivity index (χ0n) is 15.2. The van der Waals surface area contributed by atoms with Gasteiger partial charge in [0.25, 0.3) is 0 Å². The van der Waals surface area contributed by atoms with Crippen LogP contribution in [0.1, 0.15) is 17.0 Å². The van der Waals surface area contributed by atoms with Gasteiger partial charge < -0.3 is 4.90 Å². The minimum atomic E-state index is -3.80. The van der Waals surface area contributed by atoms with Gasteiger partial charge >= 0.3 is 0 Å². The summed E-state index contributed by atoms with van der Waals surface area (Å²) in [5.74, 6) is 0. The lowest BCUT2D eigenvalue weighted by atomic mass is 10.0. The molecule has 0 atom stereocenters. The Labute approximate surface area is 167 Å².